The number of nitrogens with one attached hydrogen (secondary N) is 1. The molecule has 4 aromatic rings. The van der Waals surface area contributed by atoms with Crippen LogP contribution in [0.5, 0.6) is 5.75 Å². The Bertz CT molecular complexity index is 1470. The largest absolute Gasteiger partial charge is 0.425 e. The van der Waals surface area contributed by atoms with Crippen molar-refractivity contribution in [2.75, 3.05) is 0 Å². The van der Waals surface area contributed by atoms with Gasteiger partial charge in [-0.2, -0.15) is 4.72 Å². The molecule has 1 unspecified atom stereocenters. The van der Waals surface area contributed by atoms with E-state index in [1.165, 1.54) is 18.2 Å². The van der Waals surface area contributed by atoms with E-state index in [4.69, 9.17) is 9.15 Å². The Morgan fingerprint density at radius 1 is 1.00 bits per heavy atom. The molecule has 7 nitrogen and oxygen atoms in total. The molecule has 1 aromatic heterocycles. The zero-order valence-corrected chi connectivity index (χ0v) is 18.3. The molecule has 0 saturated heterocycles. The standard InChI is InChI=1S/C24H21NO6S/c1-3-21(25-32(28,29)17-11-8-15(2)9-12-17)24(27)30-16-10-13-19-18-6-4-5-7-20(18)23(26)31-22(19)14-16/h4-14,21,25H,3H2,1-2H3. The number of carbonyl (C=O) groups is 1. The lowest BCUT2D eigenvalue weighted by atomic mass is 10.1. The van der Waals surface area contributed by atoms with Crippen LogP contribution in [0, 0.1) is 6.92 Å². The van der Waals surface area contributed by atoms with Crippen molar-refractivity contribution in [1.29, 1.82) is 0 Å². The van der Waals surface area contributed by atoms with Gasteiger partial charge < -0.3 is 9.15 Å². The number of hydrogen-bond acceptors (Lipinski definition) is 6. The molecule has 4 rings (SSSR count). The third-order valence-electron chi connectivity index (χ3n) is 5.13. The van der Waals surface area contributed by atoms with E-state index >= 15 is 0 Å². The number of benzene rings is 3. The van der Waals surface area contributed by atoms with Crippen molar-refractivity contribution in [2.24, 2.45) is 0 Å². The highest BCUT2D eigenvalue weighted by Gasteiger charge is 2.26. The summed E-state index contributed by atoms with van der Waals surface area (Å²) in [7, 11) is -3.90. The van der Waals surface area contributed by atoms with E-state index in [1.807, 2.05) is 19.1 Å². The third-order valence-corrected chi connectivity index (χ3v) is 6.62. The molecule has 164 valence electrons. The first kappa shape index (κ1) is 21.7. The molecule has 0 aliphatic carbocycles. The van der Waals surface area contributed by atoms with Crippen LogP contribution in [-0.2, 0) is 14.8 Å². The first-order valence-electron chi connectivity index (χ1n) is 10.0. The summed E-state index contributed by atoms with van der Waals surface area (Å²) in [4.78, 5) is 25.0. The van der Waals surface area contributed by atoms with Crippen LogP contribution in [0.25, 0.3) is 21.7 Å². The van der Waals surface area contributed by atoms with Crippen LogP contribution in [0.1, 0.15) is 18.9 Å². The fraction of sp³-hybridized carbons (Fsp3) is 0.167. The van der Waals surface area contributed by atoms with Crippen molar-refractivity contribution in [3.8, 4) is 5.75 Å². The Morgan fingerprint density at radius 2 is 1.69 bits per heavy atom. The number of aryl methyl sites for hydroxylation is 1. The maximum atomic E-state index is 12.7. The molecule has 3 aromatic carbocycles. The Morgan fingerprint density at radius 3 is 2.38 bits per heavy atom. The fourth-order valence-corrected chi connectivity index (χ4v) is 4.65. The third kappa shape index (κ3) is 4.28. The van der Waals surface area contributed by atoms with Gasteiger partial charge in [0, 0.05) is 11.5 Å². The van der Waals surface area contributed by atoms with E-state index < -0.39 is 27.7 Å². The predicted octanol–water partition coefficient (Wildman–Crippen LogP) is 3.92. The smallest absolute Gasteiger partial charge is 0.344 e. The summed E-state index contributed by atoms with van der Waals surface area (Å²) in [6.45, 7) is 3.53. The molecule has 0 radical (unpaired) electrons. The minimum absolute atomic E-state index is 0.0636. The average Bonchev–Trinajstić information content (AvgIpc) is 2.78. The minimum atomic E-state index is -3.90. The van der Waals surface area contributed by atoms with Gasteiger partial charge in [-0.15, -0.1) is 0 Å². The minimum Gasteiger partial charge on any atom is -0.425 e. The highest BCUT2D eigenvalue weighted by Crippen LogP contribution is 2.26. The number of carbonyl (C=O) groups excluding carboxylic acids is 1. The van der Waals surface area contributed by atoms with Crippen LogP contribution in [0.4, 0.5) is 0 Å². The molecule has 0 aliphatic rings. The Hall–Kier alpha value is -3.49. The van der Waals surface area contributed by atoms with Gasteiger partial charge in [-0.1, -0.05) is 42.8 Å². The van der Waals surface area contributed by atoms with Gasteiger partial charge in [0.15, 0.2) is 0 Å². The molecule has 1 N–H and O–H groups in total. The van der Waals surface area contributed by atoms with Crippen LogP contribution in [0.3, 0.4) is 0 Å². The second-order valence-corrected chi connectivity index (χ2v) is 9.12. The second-order valence-electron chi connectivity index (χ2n) is 7.41. The molecule has 0 amide bonds. The fourth-order valence-electron chi connectivity index (χ4n) is 3.38. The summed E-state index contributed by atoms with van der Waals surface area (Å²) >= 11 is 0. The Balaban J connectivity index is 1.58. The number of sulfonamides is 1. The molecule has 0 fully saturated rings. The number of hydrogen-bond donors (Lipinski definition) is 1. The van der Waals surface area contributed by atoms with E-state index in [0.29, 0.717) is 10.8 Å². The van der Waals surface area contributed by atoms with E-state index in [-0.39, 0.29) is 22.6 Å². The quantitative estimate of drug-likeness (QED) is 0.206. The number of esters is 1. The van der Waals surface area contributed by atoms with Crippen molar-refractivity contribution >= 4 is 37.7 Å². The highest BCUT2D eigenvalue weighted by atomic mass is 32.2. The molecule has 0 aliphatic heterocycles. The molecule has 1 heterocycles. The zero-order chi connectivity index (χ0) is 22.9. The summed E-state index contributed by atoms with van der Waals surface area (Å²) < 4.78 is 38.4. The van der Waals surface area contributed by atoms with E-state index in [1.54, 1.807) is 43.3 Å². The highest BCUT2D eigenvalue weighted by molar-refractivity contribution is 7.89. The van der Waals surface area contributed by atoms with Gasteiger partial charge in [-0.25, -0.2) is 18.0 Å². The summed E-state index contributed by atoms with van der Waals surface area (Å²) in [6.07, 6.45) is 0.192. The molecule has 0 bridgehead atoms. The first-order valence-corrected chi connectivity index (χ1v) is 11.5. The van der Waals surface area contributed by atoms with Gasteiger partial charge >= 0.3 is 11.6 Å². The van der Waals surface area contributed by atoms with E-state index in [9.17, 15) is 18.0 Å². The first-order chi connectivity index (χ1) is 15.3. The summed E-state index contributed by atoms with van der Waals surface area (Å²) in [5.41, 5.74) is 0.701. The van der Waals surface area contributed by atoms with Crippen LogP contribution >= 0.6 is 0 Å². The van der Waals surface area contributed by atoms with E-state index in [2.05, 4.69) is 4.72 Å². The summed E-state index contributed by atoms with van der Waals surface area (Å²) in [6, 6.07) is 17.0. The predicted molar refractivity (Wildman–Crippen MR) is 121 cm³/mol. The zero-order valence-electron chi connectivity index (χ0n) is 17.5. The Kier molecular flexibility index (Phi) is 5.82. The van der Waals surface area contributed by atoms with Crippen molar-refractivity contribution in [1.82, 2.24) is 4.72 Å². The van der Waals surface area contributed by atoms with Crippen LogP contribution in [-0.4, -0.2) is 20.4 Å². The van der Waals surface area contributed by atoms with Crippen molar-refractivity contribution < 1.29 is 22.4 Å². The molecular formula is C24H21NO6S. The van der Waals surface area contributed by atoms with E-state index in [0.717, 1.165) is 10.9 Å². The summed E-state index contributed by atoms with van der Waals surface area (Å²) in [5, 5.41) is 1.89. The molecule has 1 atom stereocenters. The van der Waals surface area contributed by atoms with Gasteiger partial charge in [-0.05, 0) is 49.1 Å². The Labute approximate surface area is 184 Å². The SMILES string of the molecule is CCC(NS(=O)(=O)c1ccc(C)cc1)C(=O)Oc1ccc2c(c1)oc(=O)c1ccccc12. The molecule has 0 spiro atoms. The van der Waals surface area contributed by atoms with Gasteiger partial charge in [0.2, 0.25) is 10.0 Å². The summed E-state index contributed by atoms with van der Waals surface area (Å²) in [5.74, 6) is -0.611. The van der Waals surface area contributed by atoms with Crippen molar-refractivity contribution in [3.63, 3.8) is 0 Å². The topological polar surface area (TPSA) is 103 Å². The van der Waals surface area contributed by atoms with Crippen LogP contribution in [0.15, 0.2) is 80.8 Å². The van der Waals surface area contributed by atoms with Crippen LogP contribution in [0.2, 0.25) is 0 Å². The van der Waals surface area contributed by atoms with Gasteiger partial charge in [-0.3, -0.25) is 0 Å². The van der Waals surface area contributed by atoms with Crippen molar-refractivity contribution in [3.05, 3.63) is 82.7 Å². The number of ether oxygens (including phenoxy) is 1. The lowest BCUT2D eigenvalue weighted by Gasteiger charge is -2.16. The number of rotatable bonds is 6. The lowest BCUT2D eigenvalue weighted by Crippen LogP contribution is -2.42. The maximum absolute atomic E-state index is 12.7. The molecule has 32 heavy (non-hydrogen) atoms. The maximum Gasteiger partial charge on any atom is 0.344 e. The van der Waals surface area contributed by atoms with Crippen LogP contribution < -0.4 is 15.1 Å². The average molecular weight is 452 g/mol. The monoisotopic (exact) mass is 451 g/mol. The lowest BCUT2D eigenvalue weighted by molar-refractivity contribution is -0.136. The number of fused-ring (bicyclic) bond motifs is 3. The van der Waals surface area contributed by atoms with Gasteiger partial charge in [0.25, 0.3) is 0 Å². The van der Waals surface area contributed by atoms with Gasteiger partial charge in [0.1, 0.15) is 17.4 Å². The molecule has 0 saturated carbocycles. The molecular weight excluding hydrogens is 430 g/mol. The second kappa shape index (κ2) is 8.57. The normalized spacial score (nSPS) is 12.7. The molecule has 8 heteroatoms. The van der Waals surface area contributed by atoms with Crippen molar-refractivity contribution in [2.45, 2.75) is 31.2 Å². The van der Waals surface area contributed by atoms with Gasteiger partial charge in [0.05, 0.1) is 10.3 Å².